The number of hydrogen-bond donors (Lipinski definition) is 4. The van der Waals surface area contributed by atoms with Crippen molar-refractivity contribution in [1.29, 1.82) is 0 Å². The van der Waals surface area contributed by atoms with Crippen molar-refractivity contribution in [2.75, 3.05) is 38.6 Å². The van der Waals surface area contributed by atoms with Crippen molar-refractivity contribution in [3.63, 3.8) is 0 Å². The molecule has 2 heterocycles. The van der Waals surface area contributed by atoms with Gasteiger partial charge in [0.05, 0.1) is 11.3 Å². The highest BCUT2D eigenvalue weighted by Crippen LogP contribution is 2.35. The second-order valence-electron chi connectivity index (χ2n) is 9.32. The highest BCUT2D eigenvalue weighted by molar-refractivity contribution is 5.91. The lowest BCUT2D eigenvalue weighted by Crippen LogP contribution is -2.40. The fourth-order valence-corrected chi connectivity index (χ4v) is 4.26. The van der Waals surface area contributed by atoms with Gasteiger partial charge in [0.25, 0.3) is 0 Å². The molecule has 0 bridgehead atoms. The largest absolute Gasteiger partial charge is 0.490 e. The highest BCUT2D eigenvalue weighted by Gasteiger charge is 2.31. The van der Waals surface area contributed by atoms with E-state index in [0.29, 0.717) is 24.7 Å². The van der Waals surface area contributed by atoms with Gasteiger partial charge in [-0.05, 0) is 74.0 Å². The molecule has 2 aromatic rings. The van der Waals surface area contributed by atoms with Crippen molar-refractivity contribution in [2.24, 2.45) is 0 Å². The lowest BCUT2D eigenvalue weighted by molar-refractivity contribution is -0.137. The number of likely N-dealkylation sites (tertiary alicyclic amines) is 1. The van der Waals surface area contributed by atoms with Crippen molar-refractivity contribution in [3.05, 3.63) is 77.7 Å². The van der Waals surface area contributed by atoms with Gasteiger partial charge < -0.3 is 30.7 Å². The maximum atomic E-state index is 13.3. The number of benzene rings is 2. The van der Waals surface area contributed by atoms with Gasteiger partial charge in [0.1, 0.15) is 29.9 Å². The Kier molecular flexibility index (Phi) is 9.54. The molecule has 0 aromatic heterocycles. The van der Waals surface area contributed by atoms with Crippen LogP contribution in [0.4, 0.5) is 23.7 Å². The summed E-state index contributed by atoms with van der Waals surface area (Å²) in [6, 6.07) is 8.73. The maximum Gasteiger partial charge on any atom is 0.416 e. The summed E-state index contributed by atoms with van der Waals surface area (Å²) in [5.41, 5.74) is -0.201. The number of dihydropyridines is 1. The topological polar surface area (TPSA) is 104 Å². The zero-order valence-electron chi connectivity index (χ0n) is 22.0. The number of anilines is 1. The minimum absolute atomic E-state index is 0.0594. The Balaban J connectivity index is 1.32. The zero-order valence-corrected chi connectivity index (χ0v) is 22.0. The van der Waals surface area contributed by atoms with Crippen LogP contribution in [0.25, 0.3) is 0 Å². The van der Waals surface area contributed by atoms with E-state index in [1.165, 1.54) is 6.07 Å². The van der Waals surface area contributed by atoms with Gasteiger partial charge in [-0.15, -0.1) is 0 Å². The first kappa shape index (κ1) is 28.8. The van der Waals surface area contributed by atoms with Crippen molar-refractivity contribution >= 4 is 17.6 Å². The van der Waals surface area contributed by atoms with Gasteiger partial charge in [0, 0.05) is 26.3 Å². The zero-order chi connectivity index (χ0) is 28.5. The quantitative estimate of drug-likeness (QED) is 0.351. The van der Waals surface area contributed by atoms with Crippen LogP contribution < -0.4 is 30.7 Å². The molecule has 1 atom stereocenters. The molecule has 1 fully saturated rings. The Bertz CT molecular complexity index is 1240. The van der Waals surface area contributed by atoms with Gasteiger partial charge >= 0.3 is 12.2 Å². The first-order valence-electron chi connectivity index (χ1n) is 13.0. The average molecular weight is 560 g/mol. The molecule has 1 saturated heterocycles. The second-order valence-corrected chi connectivity index (χ2v) is 9.32. The van der Waals surface area contributed by atoms with E-state index < -0.39 is 23.8 Å². The number of urea groups is 1. The van der Waals surface area contributed by atoms with Crippen molar-refractivity contribution < 1.29 is 32.2 Å². The number of nitrogens with zero attached hydrogens (tertiary/aromatic N) is 1. The summed E-state index contributed by atoms with van der Waals surface area (Å²) < 4.78 is 51.4. The van der Waals surface area contributed by atoms with Crippen LogP contribution in [0.15, 0.2) is 66.6 Å². The van der Waals surface area contributed by atoms with Gasteiger partial charge in [-0.2, -0.15) is 13.2 Å². The van der Waals surface area contributed by atoms with Gasteiger partial charge in [-0.25, -0.2) is 4.79 Å². The second kappa shape index (κ2) is 13.2. The number of allylic oxidation sites excluding steroid dienone is 1. The molecule has 0 saturated carbocycles. The highest BCUT2D eigenvalue weighted by atomic mass is 19.4. The third kappa shape index (κ3) is 8.15. The Labute approximate surface area is 230 Å². The first-order valence-corrected chi connectivity index (χ1v) is 13.0. The normalized spacial score (nSPS) is 17.0. The third-order valence-corrected chi connectivity index (χ3v) is 6.41. The van der Waals surface area contributed by atoms with Crippen LogP contribution in [0, 0.1) is 0 Å². The predicted octanol–water partition coefficient (Wildman–Crippen LogP) is 4.00. The Morgan fingerprint density at radius 2 is 1.85 bits per heavy atom. The van der Waals surface area contributed by atoms with Crippen LogP contribution in [-0.4, -0.2) is 56.2 Å². The molecule has 2 aliphatic rings. The molecule has 1 unspecified atom stereocenters. The number of nitrogens with one attached hydrogen (secondary N) is 4. The lowest BCUT2D eigenvalue weighted by Gasteiger charge is -2.18. The van der Waals surface area contributed by atoms with E-state index in [4.69, 9.17) is 9.47 Å². The Hall–Kier alpha value is -4.19. The molecule has 0 spiro atoms. The van der Waals surface area contributed by atoms with E-state index in [1.54, 1.807) is 49.7 Å². The Morgan fingerprint density at radius 3 is 2.55 bits per heavy atom. The summed E-state index contributed by atoms with van der Waals surface area (Å²) in [7, 11) is 1.55. The number of likely N-dealkylation sites (N-methyl/N-ethyl adjacent to an activating group) is 1. The molecule has 9 nitrogen and oxygen atoms in total. The average Bonchev–Trinajstić information content (AvgIpc) is 3.46. The maximum absolute atomic E-state index is 13.3. The molecular weight excluding hydrogens is 527 g/mol. The molecular formula is C28H32F3N5O4. The predicted molar refractivity (Wildman–Crippen MR) is 144 cm³/mol. The first-order chi connectivity index (χ1) is 19.2. The summed E-state index contributed by atoms with van der Waals surface area (Å²) in [4.78, 5) is 26.6. The summed E-state index contributed by atoms with van der Waals surface area (Å²) in [5, 5.41) is 10.6. The number of carbonyl (C=O) groups excluding carboxylic acids is 2. The molecule has 2 aromatic carbocycles. The third-order valence-electron chi connectivity index (χ3n) is 6.41. The van der Waals surface area contributed by atoms with Crippen LogP contribution in [0.5, 0.6) is 11.5 Å². The number of amides is 3. The molecule has 2 aliphatic heterocycles. The van der Waals surface area contributed by atoms with Crippen LogP contribution in [0.2, 0.25) is 0 Å². The standard InChI is InChI=1S/C28H32F3N5O4/c1-32-26(37)24-17-22(10-11-33-24)40-21-7-4-19(5-8-21)18-34-27(38)35-23-16-20(28(29,30)31)6-9-25(23)39-15-14-36-12-2-3-13-36/h4-11,16-17,24,33H,2-3,12-15,18H2,1H3,(H,32,37)(H2,34,35,38). The molecule has 3 amide bonds. The SMILES string of the molecule is CNC(=O)C1C=C(Oc2ccc(CNC(=O)Nc3cc(C(F)(F)F)ccc3OCCN3CCCC3)cc2)C=CN1. The molecule has 12 heteroatoms. The van der Waals surface area contributed by atoms with Crippen LogP contribution in [0.1, 0.15) is 24.0 Å². The number of rotatable bonds is 10. The minimum Gasteiger partial charge on any atom is -0.490 e. The molecule has 40 heavy (non-hydrogen) atoms. The van der Waals surface area contributed by atoms with E-state index in [1.807, 2.05) is 0 Å². The van der Waals surface area contributed by atoms with Gasteiger partial charge in [0.15, 0.2) is 0 Å². The van der Waals surface area contributed by atoms with Crippen molar-refractivity contribution in [2.45, 2.75) is 31.6 Å². The van der Waals surface area contributed by atoms with Crippen LogP contribution in [-0.2, 0) is 17.5 Å². The number of alkyl halides is 3. The van der Waals surface area contributed by atoms with E-state index in [0.717, 1.165) is 43.6 Å². The van der Waals surface area contributed by atoms with Crippen LogP contribution in [0.3, 0.4) is 0 Å². The summed E-state index contributed by atoms with van der Waals surface area (Å²) in [6.45, 7) is 3.03. The number of carbonyl (C=O) groups is 2. The van der Waals surface area contributed by atoms with Crippen LogP contribution >= 0.6 is 0 Å². The fourth-order valence-electron chi connectivity index (χ4n) is 4.26. The number of hydrogen-bond acceptors (Lipinski definition) is 6. The smallest absolute Gasteiger partial charge is 0.416 e. The Morgan fingerprint density at radius 1 is 1.10 bits per heavy atom. The monoisotopic (exact) mass is 559 g/mol. The van der Waals surface area contributed by atoms with E-state index in [-0.39, 0.29) is 23.9 Å². The van der Waals surface area contributed by atoms with Gasteiger partial charge in [-0.1, -0.05) is 12.1 Å². The molecule has 0 aliphatic carbocycles. The summed E-state index contributed by atoms with van der Waals surface area (Å²) in [6.07, 6.45) is 2.65. The summed E-state index contributed by atoms with van der Waals surface area (Å²) >= 11 is 0. The van der Waals surface area contributed by atoms with Crippen molar-refractivity contribution in [1.82, 2.24) is 20.9 Å². The van der Waals surface area contributed by atoms with Gasteiger partial charge in [0.2, 0.25) is 5.91 Å². The lowest BCUT2D eigenvalue weighted by atomic mass is 10.1. The molecule has 214 valence electrons. The number of halogens is 3. The van der Waals surface area contributed by atoms with Gasteiger partial charge in [-0.3, -0.25) is 9.69 Å². The number of ether oxygens (including phenoxy) is 2. The van der Waals surface area contributed by atoms with E-state index in [9.17, 15) is 22.8 Å². The van der Waals surface area contributed by atoms with E-state index in [2.05, 4.69) is 26.2 Å². The molecule has 0 radical (unpaired) electrons. The molecule has 4 N–H and O–H groups in total. The molecule has 4 rings (SSSR count). The summed E-state index contributed by atoms with van der Waals surface area (Å²) in [5.74, 6) is 0.998. The minimum atomic E-state index is -4.56. The fraction of sp³-hybridized carbons (Fsp3) is 0.357. The van der Waals surface area contributed by atoms with Crippen molar-refractivity contribution in [3.8, 4) is 11.5 Å². The van der Waals surface area contributed by atoms with E-state index >= 15 is 0 Å².